The average Bonchev–Trinajstić information content (AvgIpc) is 2.69. The van der Waals surface area contributed by atoms with E-state index in [0.717, 1.165) is 5.56 Å². The fourth-order valence-corrected chi connectivity index (χ4v) is 2.93. The van der Waals surface area contributed by atoms with Gasteiger partial charge in [-0.05, 0) is 37.3 Å². The monoisotopic (exact) mass is 355 g/mol. The summed E-state index contributed by atoms with van der Waals surface area (Å²) in [7, 11) is 0. The van der Waals surface area contributed by atoms with Crippen molar-refractivity contribution in [1.82, 2.24) is 0 Å². The predicted octanol–water partition coefficient (Wildman–Crippen LogP) is 5.24. The van der Waals surface area contributed by atoms with Crippen LogP contribution in [-0.2, 0) is 0 Å². The molecule has 0 atom stereocenters. The van der Waals surface area contributed by atoms with Crippen LogP contribution in [0.3, 0.4) is 0 Å². The van der Waals surface area contributed by atoms with Gasteiger partial charge >= 0.3 is 0 Å². The van der Waals surface area contributed by atoms with Crippen LogP contribution in [0.5, 0.6) is 5.75 Å². The molecular formula is C23H17NO3. The topological polar surface area (TPSA) is 62.8 Å². The van der Waals surface area contributed by atoms with Crippen LogP contribution in [0.25, 0.3) is 22.3 Å². The van der Waals surface area contributed by atoms with Gasteiger partial charge in [-0.2, -0.15) is 0 Å². The minimum absolute atomic E-state index is 0.0115. The van der Waals surface area contributed by atoms with E-state index in [2.05, 4.69) is 0 Å². The van der Waals surface area contributed by atoms with Crippen molar-refractivity contribution in [2.75, 3.05) is 0 Å². The summed E-state index contributed by atoms with van der Waals surface area (Å²) in [5.74, 6) is 0.803. The summed E-state index contributed by atoms with van der Waals surface area (Å²) in [6, 6.07) is 23.7. The van der Waals surface area contributed by atoms with E-state index in [9.17, 15) is 9.90 Å². The summed E-state index contributed by atoms with van der Waals surface area (Å²) in [5, 5.41) is 11.3. The Bertz CT molecular complexity index is 1210. The summed E-state index contributed by atoms with van der Waals surface area (Å²) < 4.78 is 6.02. The second-order valence-electron chi connectivity index (χ2n) is 6.26. The maximum Gasteiger partial charge on any atom is 0.159 e. The van der Waals surface area contributed by atoms with Crippen molar-refractivity contribution in [2.45, 2.75) is 6.92 Å². The molecule has 0 bridgehead atoms. The summed E-state index contributed by atoms with van der Waals surface area (Å²) in [6.45, 7) is 1.53. The molecule has 1 N–H and O–H groups in total. The molecule has 3 aromatic carbocycles. The van der Waals surface area contributed by atoms with Crippen LogP contribution in [-0.4, -0.2) is 10.9 Å². The third kappa shape index (κ3) is 3.51. The molecule has 1 aromatic heterocycles. The van der Waals surface area contributed by atoms with Gasteiger partial charge in [0.1, 0.15) is 17.1 Å². The van der Waals surface area contributed by atoms with Crippen LogP contribution in [0.2, 0.25) is 0 Å². The van der Waals surface area contributed by atoms with Crippen LogP contribution >= 0.6 is 0 Å². The molecular weight excluding hydrogens is 338 g/mol. The number of hydrogen-bond acceptors (Lipinski definition) is 4. The van der Waals surface area contributed by atoms with Gasteiger partial charge in [0.25, 0.3) is 0 Å². The zero-order valence-electron chi connectivity index (χ0n) is 14.7. The van der Waals surface area contributed by atoms with Gasteiger partial charge in [0, 0.05) is 22.6 Å². The van der Waals surface area contributed by atoms with E-state index in [4.69, 9.17) is 9.41 Å². The van der Waals surface area contributed by atoms with Gasteiger partial charge in [-0.25, -0.2) is 4.99 Å². The smallest absolute Gasteiger partial charge is 0.159 e. The number of Topliss-reactive ketones (excluding diaryl/α,β-unsaturated/α-hetero) is 1. The standard InChI is InChI=1S/C23H17NO3/c1-15(25)17-8-5-9-18(12-17)24-21-14-23(16-6-3-2-4-7-16)27-22-11-10-19(26)13-20(21)22/h2-14,26H,1H3. The Morgan fingerprint density at radius 1 is 0.926 bits per heavy atom. The number of fused-ring (bicyclic) bond motifs is 1. The van der Waals surface area contributed by atoms with Crippen molar-refractivity contribution in [3.63, 3.8) is 0 Å². The molecule has 27 heavy (non-hydrogen) atoms. The molecule has 4 heteroatoms. The Balaban J connectivity index is 1.99. The average molecular weight is 355 g/mol. The van der Waals surface area contributed by atoms with Crippen molar-refractivity contribution in [1.29, 1.82) is 0 Å². The number of nitrogens with zero attached hydrogens (tertiary/aromatic N) is 1. The van der Waals surface area contributed by atoms with Gasteiger partial charge in [0.15, 0.2) is 5.78 Å². The Labute approximate surface area is 156 Å². The van der Waals surface area contributed by atoms with Crippen LogP contribution in [0.1, 0.15) is 17.3 Å². The van der Waals surface area contributed by atoms with Gasteiger partial charge < -0.3 is 9.52 Å². The molecule has 0 amide bonds. The molecule has 1 heterocycles. The number of carbonyl (C=O) groups excluding carboxylic acids is 1. The van der Waals surface area contributed by atoms with Crippen molar-refractivity contribution < 1.29 is 14.3 Å². The minimum atomic E-state index is -0.0115. The fourth-order valence-electron chi connectivity index (χ4n) is 2.93. The number of phenolic OH excluding ortho intramolecular Hbond substituents is 1. The second kappa shape index (κ2) is 6.92. The van der Waals surface area contributed by atoms with E-state index in [1.165, 1.54) is 6.92 Å². The molecule has 0 aliphatic heterocycles. The Kier molecular flexibility index (Phi) is 4.30. The highest BCUT2D eigenvalue weighted by Gasteiger charge is 2.07. The first kappa shape index (κ1) is 16.8. The van der Waals surface area contributed by atoms with Gasteiger partial charge in [-0.15, -0.1) is 0 Å². The van der Waals surface area contributed by atoms with Gasteiger partial charge in [-0.1, -0.05) is 42.5 Å². The lowest BCUT2D eigenvalue weighted by molar-refractivity contribution is 0.101. The molecule has 132 valence electrons. The summed E-state index contributed by atoms with van der Waals surface area (Å²) in [5.41, 5.74) is 2.82. The molecule has 0 unspecified atom stereocenters. The van der Waals surface area contributed by atoms with Gasteiger partial charge in [0.2, 0.25) is 0 Å². The lowest BCUT2D eigenvalue weighted by Crippen LogP contribution is -2.03. The van der Waals surface area contributed by atoms with Crippen LogP contribution < -0.4 is 5.36 Å². The number of aromatic hydroxyl groups is 1. The lowest BCUT2D eigenvalue weighted by Gasteiger charge is -2.06. The Hall–Kier alpha value is -3.66. The molecule has 4 nitrogen and oxygen atoms in total. The molecule has 0 aliphatic rings. The van der Waals surface area contributed by atoms with E-state index >= 15 is 0 Å². The number of rotatable bonds is 3. The first-order chi connectivity index (χ1) is 13.1. The molecule has 0 spiro atoms. The number of carbonyl (C=O) groups is 1. The highest BCUT2D eigenvalue weighted by Crippen LogP contribution is 2.25. The highest BCUT2D eigenvalue weighted by molar-refractivity contribution is 5.94. The van der Waals surface area contributed by atoms with E-state index in [0.29, 0.717) is 33.3 Å². The normalized spacial score (nSPS) is 11.7. The molecule has 0 radical (unpaired) electrons. The fraction of sp³-hybridized carbons (Fsp3) is 0.0435. The zero-order valence-corrected chi connectivity index (χ0v) is 14.7. The van der Waals surface area contributed by atoms with E-state index < -0.39 is 0 Å². The number of hydrogen-bond donors (Lipinski definition) is 1. The second-order valence-corrected chi connectivity index (χ2v) is 6.26. The summed E-state index contributed by atoms with van der Waals surface area (Å²) >= 11 is 0. The Morgan fingerprint density at radius 3 is 2.52 bits per heavy atom. The third-order valence-corrected chi connectivity index (χ3v) is 4.29. The largest absolute Gasteiger partial charge is 0.508 e. The van der Waals surface area contributed by atoms with Crippen molar-refractivity contribution in [2.24, 2.45) is 4.99 Å². The van der Waals surface area contributed by atoms with Crippen molar-refractivity contribution in [3.8, 4) is 17.1 Å². The molecule has 0 saturated carbocycles. The van der Waals surface area contributed by atoms with E-state index in [1.807, 2.05) is 42.5 Å². The first-order valence-electron chi connectivity index (χ1n) is 8.58. The minimum Gasteiger partial charge on any atom is -0.508 e. The van der Waals surface area contributed by atoms with E-state index in [-0.39, 0.29) is 11.5 Å². The van der Waals surface area contributed by atoms with Crippen LogP contribution in [0.15, 0.2) is 88.3 Å². The predicted molar refractivity (Wildman–Crippen MR) is 105 cm³/mol. The van der Waals surface area contributed by atoms with Crippen molar-refractivity contribution in [3.05, 3.63) is 89.8 Å². The number of benzene rings is 3. The molecule has 0 saturated heterocycles. The Morgan fingerprint density at radius 2 is 1.74 bits per heavy atom. The lowest BCUT2D eigenvalue weighted by atomic mass is 10.1. The van der Waals surface area contributed by atoms with Crippen LogP contribution in [0, 0.1) is 0 Å². The molecule has 0 aliphatic carbocycles. The third-order valence-electron chi connectivity index (χ3n) is 4.29. The van der Waals surface area contributed by atoms with Gasteiger partial charge in [0.05, 0.1) is 11.0 Å². The molecule has 4 aromatic rings. The van der Waals surface area contributed by atoms with Crippen molar-refractivity contribution >= 4 is 22.4 Å². The number of phenols is 1. The molecule has 0 fully saturated rings. The highest BCUT2D eigenvalue weighted by atomic mass is 16.3. The van der Waals surface area contributed by atoms with Crippen LogP contribution in [0.4, 0.5) is 5.69 Å². The maximum absolute atomic E-state index is 11.7. The van der Waals surface area contributed by atoms with E-state index in [1.54, 1.807) is 36.4 Å². The summed E-state index contributed by atoms with van der Waals surface area (Å²) in [4.78, 5) is 16.4. The summed E-state index contributed by atoms with van der Waals surface area (Å²) in [6.07, 6.45) is 0. The quantitative estimate of drug-likeness (QED) is 0.511. The SMILES string of the molecule is CC(=O)c1cccc(N=c2cc(-c3ccccc3)oc3ccc(O)cc23)c1. The van der Waals surface area contributed by atoms with Gasteiger partial charge in [-0.3, -0.25) is 4.79 Å². The first-order valence-corrected chi connectivity index (χ1v) is 8.58. The maximum atomic E-state index is 11.7. The molecule has 4 rings (SSSR count). The zero-order chi connectivity index (χ0) is 18.8. The number of ketones is 1.